The van der Waals surface area contributed by atoms with Gasteiger partial charge in [-0.2, -0.15) is 0 Å². The fourth-order valence-corrected chi connectivity index (χ4v) is 2.05. The van der Waals surface area contributed by atoms with Crippen molar-refractivity contribution < 1.29 is 4.74 Å². The molecule has 4 nitrogen and oxygen atoms in total. The van der Waals surface area contributed by atoms with Crippen molar-refractivity contribution in [2.45, 2.75) is 26.3 Å². The lowest BCUT2D eigenvalue weighted by Crippen LogP contribution is -2.36. The lowest BCUT2D eigenvalue weighted by atomic mass is 10.2. The van der Waals surface area contributed by atoms with Crippen LogP contribution in [0.2, 0.25) is 5.15 Å². The van der Waals surface area contributed by atoms with Crippen LogP contribution < -0.4 is 4.90 Å². The highest BCUT2D eigenvalue weighted by Crippen LogP contribution is 2.30. The first-order valence-electron chi connectivity index (χ1n) is 5.53. The smallest absolute Gasteiger partial charge is 0.148 e. The van der Waals surface area contributed by atoms with Gasteiger partial charge in [-0.1, -0.05) is 18.5 Å². The Labute approximate surface area is 115 Å². The standard InChI is InChI=1S/C11H17BrClN3O/c1-4-8(2)16(5-6-17-3)11-9(12)10(13)14-7-15-11/h7-8H,4-6H2,1-3H3. The molecule has 0 aromatic carbocycles. The van der Waals surface area contributed by atoms with E-state index in [2.05, 4.69) is 44.6 Å². The van der Waals surface area contributed by atoms with Crippen LogP contribution in [0.1, 0.15) is 20.3 Å². The normalized spacial score (nSPS) is 12.5. The molecule has 0 aliphatic heterocycles. The zero-order chi connectivity index (χ0) is 12.8. The van der Waals surface area contributed by atoms with Gasteiger partial charge in [0.05, 0.1) is 11.1 Å². The Kier molecular flexibility index (Phi) is 6.16. The lowest BCUT2D eigenvalue weighted by molar-refractivity contribution is 0.203. The third-order valence-corrected chi connectivity index (χ3v) is 3.90. The SMILES string of the molecule is CCC(C)N(CCOC)c1ncnc(Cl)c1Br. The zero-order valence-electron chi connectivity index (χ0n) is 10.3. The molecular formula is C11H17BrClN3O. The predicted molar refractivity (Wildman–Crippen MR) is 73.7 cm³/mol. The summed E-state index contributed by atoms with van der Waals surface area (Å²) in [6.45, 7) is 5.72. The van der Waals surface area contributed by atoms with E-state index in [1.807, 2.05) is 0 Å². The van der Waals surface area contributed by atoms with E-state index >= 15 is 0 Å². The molecule has 0 fully saturated rings. The van der Waals surface area contributed by atoms with Gasteiger partial charge in [0.2, 0.25) is 0 Å². The Morgan fingerprint density at radius 3 is 2.82 bits per heavy atom. The fourth-order valence-electron chi connectivity index (χ4n) is 1.49. The molecule has 0 aliphatic carbocycles. The molecular weight excluding hydrogens is 305 g/mol. The summed E-state index contributed by atoms with van der Waals surface area (Å²) in [5, 5.41) is 0.431. The van der Waals surface area contributed by atoms with Crippen LogP contribution in [0.15, 0.2) is 10.8 Å². The molecule has 0 amide bonds. The maximum atomic E-state index is 5.98. The van der Waals surface area contributed by atoms with Crippen LogP contribution in [-0.2, 0) is 4.74 Å². The number of hydrogen-bond donors (Lipinski definition) is 0. The van der Waals surface area contributed by atoms with Gasteiger partial charge in [0, 0.05) is 19.7 Å². The molecule has 1 aromatic rings. The average Bonchev–Trinajstić information content (AvgIpc) is 2.34. The van der Waals surface area contributed by atoms with Crippen molar-refractivity contribution >= 4 is 33.3 Å². The second-order valence-electron chi connectivity index (χ2n) is 3.75. The molecule has 6 heteroatoms. The first kappa shape index (κ1) is 14.7. The van der Waals surface area contributed by atoms with Gasteiger partial charge in [0.25, 0.3) is 0 Å². The number of ether oxygens (including phenoxy) is 1. The van der Waals surface area contributed by atoms with E-state index in [1.165, 1.54) is 6.33 Å². The van der Waals surface area contributed by atoms with Crippen LogP contribution in [0.3, 0.4) is 0 Å². The van der Waals surface area contributed by atoms with Gasteiger partial charge in [0.15, 0.2) is 0 Å². The summed E-state index contributed by atoms with van der Waals surface area (Å²) in [5.74, 6) is 0.816. The minimum atomic E-state index is 0.368. The summed E-state index contributed by atoms with van der Waals surface area (Å²) < 4.78 is 5.86. The van der Waals surface area contributed by atoms with E-state index < -0.39 is 0 Å². The Morgan fingerprint density at radius 1 is 1.53 bits per heavy atom. The largest absolute Gasteiger partial charge is 0.383 e. The van der Waals surface area contributed by atoms with Gasteiger partial charge in [-0.05, 0) is 29.3 Å². The Hall–Kier alpha value is -0.390. The summed E-state index contributed by atoms with van der Waals surface area (Å²) in [6.07, 6.45) is 2.50. The first-order chi connectivity index (χ1) is 8.11. The third kappa shape index (κ3) is 3.79. The lowest BCUT2D eigenvalue weighted by Gasteiger charge is -2.30. The van der Waals surface area contributed by atoms with Crippen molar-refractivity contribution in [3.8, 4) is 0 Å². The number of hydrogen-bond acceptors (Lipinski definition) is 4. The van der Waals surface area contributed by atoms with Crippen LogP contribution >= 0.6 is 27.5 Å². The van der Waals surface area contributed by atoms with E-state index in [-0.39, 0.29) is 0 Å². The van der Waals surface area contributed by atoms with Crippen LogP contribution in [0.4, 0.5) is 5.82 Å². The van der Waals surface area contributed by atoms with E-state index in [4.69, 9.17) is 16.3 Å². The average molecular weight is 323 g/mol. The van der Waals surface area contributed by atoms with Gasteiger partial charge >= 0.3 is 0 Å². The highest BCUT2D eigenvalue weighted by molar-refractivity contribution is 9.10. The molecule has 0 N–H and O–H groups in total. The maximum Gasteiger partial charge on any atom is 0.148 e. The predicted octanol–water partition coefficient (Wildman–Crippen LogP) is 3.14. The number of nitrogens with zero attached hydrogens (tertiary/aromatic N) is 3. The molecule has 1 atom stereocenters. The second kappa shape index (κ2) is 7.13. The molecule has 0 saturated heterocycles. The minimum absolute atomic E-state index is 0.368. The van der Waals surface area contributed by atoms with Crippen molar-refractivity contribution in [1.82, 2.24) is 9.97 Å². The van der Waals surface area contributed by atoms with E-state index in [9.17, 15) is 0 Å². The van der Waals surface area contributed by atoms with Gasteiger partial charge in [-0.3, -0.25) is 0 Å². The van der Waals surface area contributed by atoms with Crippen LogP contribution in [0.25, 0.3) is 0 Å². The molecule has 17 heavy (non-hydrogen) atoms. The van der Waals surface area contributed by atoms with Gasteiger partial charge in [-0.25, -0.2) is 9.97 Å². The number of methoxy groups -OCH3 is 1. The summed E-state index contributed by atoms with van der Waals surface area (Å²) in [5.41, 5.74) is 0. The van der Waals surface area contributed by atoms with E-state index in [0.717, 1.165) is 23.3 Å². The number of aromatic nitrogens is 2. The summed E-state index contributed by atoms with van der Waals surface area (Å²) in [7, 11) is 1.69. The zero-order valence-corrected chi connectivity index (χ0v) is 12.6. The fraction of sp³-hybridized carbons (Fsp3) is 0.636. The highest BCUT2D eigenvalue weighted by Gasteiger charge is 2.18. The maximum absolute atomic E-state index is 5.98. The van der Waals surface area contributed by atoms with Crippen LogP contribution in [0, 0.1) is 0 Å². The van der Waals surface area contributed by atoms with Gasteiger partial charge in [-0.15, -0.1) is 0 Å². The summed E-state index contributed by atoms with van der Waals surface area (Å²) in [4.78, 5) is 10.4. The monoisotopic (exact) mass is 321 g/mol. The molecule has 0 aliphatic rings. The topological polar surface area (TPSA) is 38.2 Å². The molecule has 1 heterocycles. The summed E-state index contributed by atoms with van der Waals surface area (Å²) >= 11 is 9.41. The number of anilines is 1. The molecule has 1 aromatic heterocycles. The first-order valence-corrected chi connectivity index (χ1v) is 6.70. The molecule has 1 unspecified atom stereocenters. The van der Waals surface area contributed by atoms with Crippen molar-refractivity contribution in [3.63, 3.8) is 0 Å². The third-order valence-electron chi connectivity index (χ3n) is 2.66. The van der Waals surface area contributed by atoms with Crippen molar-refractivity contribution in [2.75, 3.05) is 25.2 Å². The second-order valence-corrected chi connectivity index (χ2v) is 4.90. The molecule has 96 valence electrons. The quantitative estimate of drug-likeness (QED) is 0.754. The number of rotatable bonds is 6. The van der Waals surface area contributed by atoms with Crippen molar-refractivity contribution in [2.24, 2.45) is 0 Å². The molecule has 1 rings (SSSR count). The molecule has 0 radical (unpaired) electrons. The Balaban J connectivity index is 2.99. The Morgan fingerprint density at radius 2 is 2.24 bits per heavy atom. The van der Waals surface area contributed by atoms with Crippen molar-refractivity contribution in [3.05, 3.63) is 16.0 Å². The van der Waals surface area contributed by atoms with Crippen LogP contribution in [-0.4, -0.2) is 36.3 Å². The van der Waals surface area contributed by atoms with E-state index in [1.54, 1.807) is 7.11 Å². The number of halogens is 2. The molecule has 0 saturated carbocycles. The summed E-state index contributed by atoms with van der Waals surface area (Å²) in [6, 6.07) is 0.368. The molecule has 0 bridgehead atoms. The Bertz CT molecular complexity index is 365. The van der Waals surface area contributed by atoms with E-state index in [0.29, 0.717) is 17.8 Å². The highest BCUT2D eigenvalue weighted by atomic mass is 79.9. The minimum Gasteiger partial charge on any atom is -0.383 e. The van der Waals surface area contributed by atoms with Crippen molar-refractivity contribution in [1.29, 1.82) is 0 Å². The van der Waals surface area contributed by atoms with Gasteiger partial charge < -0.3 is 9.64 Å². The molecule has 0 spiro atoms. The van der Waals surface area contributed by atoms with Gasteiger partial charge in [0.1, 0.15) is 17.3 Å². The van der Waals surface area contributed by atoms with Crippen LogP contribution in [0.5, 0.6) is 0 Å².